The number of carbonyl (C=O) groups is 2. The van der Waals surface area contributed by atoms with Crippen LogP contribution >= 0.6 is 12.4 Å². The van der Waals surface area contributed by atoms with Crippen LogP contribution in [0.3, 0.4) is 0 Å². The number of amides is 2. The standard InChI is InChI=1S/C17H22FN3O2.ClH/c1-11(22)20-16-8-12(2-3-15(16)18)17(23)21-6-4-13-9-19-10-14(13)5-7-21;/h2-3,8,13-14,19H,4-7,9-10H2,1H3,(H,20,22);1H/t13-,14+;. The van der Waals surface area contributed by atoms with Gasteiger partial charge in [-0.2, -0.15) is 0 Å². The summed E-state index contributed by atoms with van der Waals surface area (Å²) in [6.45, 7) is 4.85. The molecule has 2 aliphatic heterocycles. The maximum atomic E-state index is 13.7. The van der Waals surface area contributed by atoms with Gasteiger partial charge in [0, 0.05) is 25.6 Å². The highest BCUT2D eigenvalue weighted by Crippen LogP contribution is 2.28. The van der Waals surface area contributed by atoms with Crippen molar-refractivity contribution in [2.24, 2.45) is 11.8 Å². The van der Waals surface area contributed by atoms with Gasteiger partial charge in [-0.05, 0) is 56.0 Å². The SMILES string of the molecule is CC(=O)Nc1cc(C(=O)N2CC[C@@H]3CNC[C@@H]3CC2)ccc1F.Cl. The molecule has 24 heavy (non-hydrogen) atoms. The predicted molar refractivity (Wildman–Crippen MR) is 92.9 cm³/mol. The molecule has 2 saturated heterocycles. The zero-order valence-electron chi connectivity index (χ0n) is 13.7. The molecular formula is C17H23ClFN3O2. The van der Waals surface area contributed by atoms with E-state index in [1.807, 2.05) is 4.90 Å². The molecule has 1 aromatic rings. The van der Waals surface area contributed by atoms with Crippen molar-refractivity contribution in [3.63, 3.8) is 0 Å². The summed E-state index contributed by atoms with van der Waals surface area (Å²) in [7, 11) is 0. The zero-order valence-corrected chi connectivity index (χ0v) is 14.5. The number of likely N-dealkylation sites (tertiary alicyclic amines) is 1. The lowest BCUT2D eigenvalue weighted by atomic mass is 9.92. The van der Waals surface area contributed by atoms with Crippen molar-refractivity contribution in [2.75, 3.05) is 31.5 Å². The molecule has 2 atom stereocenters. The maximum absolute atomic E-state index is 13.7. The molecule has 0 saturated carbocycles. The summed E-state index contributed by atoms with van der Waals surface area (Å²) in [6, 6.07) is 4.14. The number of rotatable bonds is 2. The highest BCUT2D eigenvalue weighted by molar-refractivity contribution is 5.97. The minimum atomic E-state index is -0.534. The number of halogens is 2. The molecule has 1 aromatic carbocycles. The Morgan fingerprint density at radius 3 is 2.42 bits per heavy atom. The monoisotopic (exact) mass is 355 g/mol. The van der Waals surface area contributed by atoms with Gasteiger partial charge in [-0.1, -0.05) is 0 Å². The number of nitrogens with one attached hydrogen (secondary N) is 2. The van der Waals surface area contributed by atoms with Crippen LogP contribution in [0.15, 0.2) is 18.2 Å². The third-order valence-electron chi connectivity index (χ3n) is 4.83. The fraction of sp³-hybridized carbons (Fsp3) is 0.529. The molecule has 0 aromatic heterocycles. The van der Waals surface area contributed by atoms with E-state index in [2.05, 4.69) is 10.6 Å². The summed E-state index contributed by atoms with van der Waals surface area (Å²) in [5.74, 6) is 0.313. The second-order valence-electron chi connectivity index (χ2n) is 6.42. The fourth-order valence-electron chi connectivity index (χ4n) is 3.55. The summed E-state index contributed by atoms with van der Waals surface area (Å²) in [5, 5.41) is 5.84. The first kappa shape index (κ1) is 18.7. The molecule has 2 aliphatic rings. The van der Waals surface area contributed by atoms with Gasteiger partial charge in [0.25, 0.3) is 5.91 Å². The van der Waals surface area contributed by atoms with Gasteiger partial charge in [0.2, 0.25) is 5.91 Å². The third kappa shape index (κ3) is 4.05. The molecule has 2 heterocycles. The van der Waals surface area contributed by atoms with Crippen molar-refractivity contribution >= 4 is 29.9 Å². The number of hydrogen-bond donors (Lipinski definition) is 2. The number of hydrogen-bond acceptors (Lipinski definition) is 3. The van der Waals surface area contributed by atoms with E-state index in [1.54, 1.807) is 0 Å². The normalized spacial score (nSPS) is 23.0. The molecule has 0 spiro atoms. The van der Waals surface area contributed by atoms with Crippen molar-refractivity contribution in [2.45, 2.75) is 19.8 Å². The Balaban J connectivity index is 0.00000208. The van der Waals surface area contributed by atoms with Crippen molar-refractivity contribution in [3.05, 3.63) is 29.6 Å². The van der Waals surface area contributed by atoms with Gasteiger partial charge in [0.15, 0.2) is 0 Å². The van der Waals surface area contributed by atoms with Crippen LogP contribution in [-0.2, 0) is 4.79 Å². The van der Waals surface area contributed by atoms with E-state index in [-0.39, 0.29) is 29.9 Å². The third-order valence-corrected chi connectivity index (χ3v) is 4.83. The van der Waals surface area contributed by atoms with Gasteiger partial charge in [-0.15, -0.1) is 12.4 Å². The average Bonchev–Trinajstić information content (AvgIpc) is 2.87. The van der Waals surface area contributed by atoms with E-state index < -0.39 is 5.82 Å². The molecule has 2 fully saturated rings. The lowest BCUT2D eigenvalue weighted by Gasteiger charge is -2.21. The predicted octanol–water partition coefficient (Wildman–Crippen LogP) is 2.28. The van der Waals surface area contributed by atoms with Gasteiger partial charge >= 0.3 is 0 Å². The lowest BCUT2D eigenvalue weighted by Crippen LogP contribution is -2.32. The molecule has 2 amide bonds. The molecule has 132 valence electrons. The molecule has 0 aliphatic carbocycles. The average molecular weight is 356 g/mol. The van der Waals surface area contributed by atoms with Gasteiger partial charge in [-0.3, -0.25) is 9.59 Å². The van der Waals surface area contributed by atoms with Crippen LogP contribution < -0.4 is 10.6 Å². The van der Waals surface area contributed by atoms with E-state index in [0.717, 1.165) is 39.0 Å². The molecule has 5 nitrogen and oxygen atoms in total. The van der Waals surface area contributed by atoms with Crippen LogP contribution in [0.4, 0.5) is 10.1 Å². The first-order valence-electron chi connectivity index (χ1n) is 8.11. The molecule has 2 N–H and O–H groups in total. The van der Waals surface area contributed by atoms with Crippen LogP contribution in [0.25, 0.3) is 0 Å². The summed E-state index contributed by atoms with van der Waals surface area (Å²) in [5.41, 5.74) is 0.472. The number of nitrogens with zero attached hydrogens (tertiary/aromatic N) is 1. The number of carbonyl (C=O) groups excluding carboxylic acids is 2. The second kappa shape index (κ2) is 7.94. The Bertz CT molecular complexity index is 612. The van der Waals surface area contributed by atoms with E-state index in [9.17, 15) is 14.0 Å². The molecule has 0 unspecified atom stereocenters. The van der Waals surface area contributed by atoms with E-state index in [4.69, 9.17) is 0 Å². The molecule has 0 radical (unpaired) electrons. The minimum Gasteiger partial charge on any atom is -0.339 e. The Kier molecular flexibility index (Phi) is 6.18. The second-order valence-corrected chi connectivity index (χ2v) is 6.42. The Morgan fingerprint density at radius 1 is 1.21 bits per heavy atom. The number of benzene rings is 1. The van der Waals surface area contributed by atoms with Gasteiger partial charge < -0.3 is 15.5 Å². The van der Waals surface area contributed by atoms with E-state index in [0.29, 0.717) is 17.4 Å². The topological polar surface area (TPSA) is 61.4 Å². The van der Waals surface area contributed by atoms with Crippen molar-refractivity contribution in [1.82, 2.24) is 10.2 Å². The minimum absolute atomic E-state index is 0. The zero-order chi connectivity index (χ0) is 16.4. The smallest absolute Gasteiger partial charge is 0.253 e. The van der Waals surface area contributed by atoms with E-state index in [1.165, 1.54) is 25.1 Å². The Hall–Kier alpha value is -1.66. The van der Waals surface area contributed by atoms with Crippen LogP contribution in [0.2, 0.25) is 0 Å². The molecule has 0 bridgehead atoms. The lowest BCUT2D eigenvalue weighted by molar-refractivity contribution is -0.114. The molecule has 3 rings (SSSR count). The largest absolute Gasteiger partial charge is 0.339 e. The summed E-state index contributed by atoms with van der Waals surface area (Å²) in [6.07, 6.45) is 2.01. The van der Waals surface area contributed by atoms with Gasteiger partial charge in [0.1, 0.15) is 5.82 Å². The summed E-state index contributed by atoms with van der Waals surface area (Å²) >= 11 is 0. The highest BCUT2D eigenvalue weighted by Gasteiger charge is 2.31. The fourth-order valence-corrected chi connectivity index (χ4v) is 3.55. The number of anilines is 1. The summed E-state index contributed by atoms with van der Waals surface area (Å²) < 4.78 is 13.7. The Labute approximate surface area is 147 Å². The molecular weight excluding hydrogens is 333 g/mol. The van der Waals surface area contributed by atoms with Gasteiger partial charge in [0.05, 0.1) is 5.69 Å². The van der Waals surface area contributed by atoms with E-state index >= 15 is 0 Å². The summed E-state index contributed by atoms with van der Waals surface area (Å²) in [4.78, 5) is 25.7. The maximum Gasteiger partial charge on any atom is 0.253 e. The van der Waals surface area contributed by atoms with Crippen LogP contribution in [0, 0.1) is 17.7 Å². The van der Waals surface area contributed by atoms with Crippen LogP contribution in [0.5, 0.6) is 0 Å². The van der Waals surface area contributed by atoms with Crippen molar-refractivity contribution < 1.29 is 14.0 Å². The molecule has 7 heteroatoms. The quantitative estimate of drug-likeness (QED) is 0.855. The van der Waals surface area contributed by atoms with Crippen LogP contribution in [-0.4, -0.2) is 42.9 Å². The first-order valence-corrected chi connectivity index (χ1v) is 8.11. The first-order chi connectivity index (χ1) is 11.0. The van der Waals surface area contributed by atoms with Crippen LogP contribution in [0.1, 0.15) is 30.1 Å². The Morgan fingerprint density at radius 2 is 1.83 bits per heavy atom. The highest BCUT2D eigenvalue weighted by atomic mass is 35.5. The van der Waals surface area contributed by atoms with Crippen molar-refractivity contribution in [3.8, 4) is 0 Å². The van der Waals surface area contributed by atoms with Gasteiger partial charge in [-0.25, -0.2) is 4.39 Å². The van der Waals surface area contributed by atoms with Crippen molar-refractivity contribution in [1.29, 1.82) is 0 Å². The number of fused-ring (bicyclic) bond motifs is 1.